The van der Waals surface area contributed by atoms with Crippen LogP contribution in [0.2, 0.25) is 5.02 Å². The Kier molecular flexibility index (Phi) is 5.99. The first kappa shape index (κ1) is 19.6. The molecule has 1 aromatic heterocycles. The van der Waals surface area contributed by atoms with E-state index in [9.17, 15) is 14.7 Å². The van der Waals surface area contributed by atoms with E-state index >= 15 is 0 Å². The summed E-state index contributed by atoms with van der Waals surface area (Å²) < 4.78 is 0. The highest BCUT2D eigenvalue weighted by Gasteiger charge is 2.46. The van der Waals surface area contributed by atoms with Crippen molar-refractivity contribution in [3.63, 3.8) is 0 Å². The molecular weight excluding hydrogens is 384 g/mol. The number of nitrogens with zero attached hydrogens (tertiary/aromatic N) is 2. The molecular formula is C20H21ClN2O3S. The first-order valence-electron chi connectivity index (χ1n) is 8.62. The maximum Gasteiger partial charge on any atom is 0.295 e. The topological polar surface area (TPSA) is 60.9 Å². The smallest absolute Gasteiger partial charge is 0.295 e. The van der Waals surface area contributed by atoms with E-state index in [1.807, 2.05) is 36.5 Å². The molecule has 1 aliphatic rings. The number of amides is 1. The van der Waals surface area contributed by atoms with Gasteiger partial charge in [0.2, 0.25) is 0 Å². The molecule has 0 spiro atoms. The van der Waals surface area contributed by atoms with Crippen LogP contribution >= 0.6 is 22.9 Å². The van der Waals surface area contributed by atoms with Gasteiger partial charge in [-0.05, 0) is 62.8 Å². The zero-order valence-corrected chi connectivity index (χ0v) is 16.8. The molecule has 0 radical (unpaired) electrons. The van der Waals surface area contributed by atoms with Gasteiger partial charge >= 0.3 is 0 Å². The minimum atomic E-state index is -0.647. The van der Waals surface area contributed by atoms with E-state index in [0.29, 0.717) is 17.1 Å². The zero-order chi connectivity index (χ0) is 19.6. The second kappa shape index (κ2) is 8.25. The molecule has 1 atom stereocenters. The van der Waals surface area contributed by atoms with Gasteiger partial charge in [-0.15, -0.1) is 11.3 Å². The minimum Gasteiger partial charge on any atom is -0.507 e. The summed E-state index contributed by atoms with van der Waals surface area (Å²) in [6.45, 7) is 1.25. The highest BCUT2D eigenvalue weighted by atomic mass is 35.5. The molecule has 0 aliphatic carbocycles. The second-order valence-electron chi connectivity index (χ2n) is 6.67. The number of likely N-dealkylation sites (tertiary alicyclic amines) is 1. The summed E-state index contributed by atoms with van der Waals surface area (Å²) in [7, 11) is 3.93. The maximum absolute atomic E-state index is 12.8. The average Bonchev–Trinajstić information content (AvgIpc) is 3.24. The van der Waals surface area contributed by atoms with Gasteiger partial charge in [0.05, 0.1) is 11.6 Å². The molecule has 27 heavy (non-hydrogen) atoms. The molecule has 3 rings (SSSR count). The zero-order valence-electron chi connectivity index (χ0n) is 15.2. The summed E-state index contributed by atoms with van der Waals surface area (Å²) >= 11 is 7.38. The van der Waals surface area contributed by atoms with E-state index in [0.717, 1.165) is 17.8 Å². The molecule has 1 aliphatic heterocycles. The van der Waals surface area contributed by atoms with Gasteiger partial charge in [0.1, 0.15) is 5.76 Å². The number of aliphatic hydroxyl groups is 1. The number of aliphatic hydroxyl groups excluding tert-OH is 1. The molecule has 0 saturated carbocycles. The van der Waals surface area contributed by atoms with Crippen LogP contribution in [-0.2, 0) is 9.59 Å². The lowest BCUT2D eigenvalue weighted by Crippen LogP contribution is -2.32. The van der Waals surface area contributed by atoms with Crippen LogP contribution in [0.1, 0.15) is 22.9 Å². The number of carbonyl (C=O) groups is 2. The van der Waals surface area contributed by atoms with Crippen LogP contribution in [0.3, 0.4) is 0 Å². The van der Waals surface area contributed by atoms with Crippen molar-refractivity contribution in [2.24, 2.45) is 0 Å². The van der Waals surface area contributed by atoms with Crippen LogP contribution in [0, 0.1) is 0 Å². The SMILES string of the molecule is CN(C)CCCN1C(=O)C(=O)C(=C(O)c2ccc(Cl)cc2)[C@@H]1c1cccs1. The van der Waals surface area contributed by atoms with Gasteiger partial charge in [-0.25, -0.2) is 0 Å². The number of ketones is 1. The highest BCUT2D eigenvalue weighted by Crippen LogP contribution is 2.41. The number of rotatable bonds is 6. The molecule has 1 amide bonds. The first-order chi connectivity index (χ1) is 12.9. The standard InChI is InChI=1S/C20H21ClN2O3S/c1-22(2)10-4-11-23-17(15-5-3-12-27-15)16(19(25)20(23)26)18(24)13-6-8-14(21)9-7-13/h3,5-9,12,17,24H,4,10-11H2,1-2H3/t17-/m0/s1. The Morgan fingerprint density at radius 2 is 1.93 bits per heavy atom. The van der Waals surface area contributed by atoms with Gasteiger partial charge in [0, 0.05) is 22.0 Å². The van der Waals surface area contributed by atoms with Crippen molar-refractivity contribution in [1.29, 1.82) is 0 Å². The van der Waals surface area contributed by atoms with Crippen molar-refractivity contribution in [3.8, 4) is 0 Å². The third-order valence-electron chi connectivity index (χ3n) is 4.47. The Balaban J connectivity index is 2.03. The van der Waals surface area contributed by atoms with Gasteiger partial charge in [-0.2, -0.15) is 0 Å². The van der Waals surface area contributed by atoms with E-state index in [4.69, 9.17) is 11.6 Å². The number of thiophene rings is 1. The maximum atomic E-state index is 12.8. The number of hydrogen-bond donors (Lipinski definition) is 1. The Bertz CT molecular complexity index is 860. The van der Waals surface area contributed by atoms with Gasteiger partial charge < -0.3 is 14.9 Å². The number of carbonyl (C=O) groups excluding carboxylic acids is 2. The summed E-state index contributed by atoms with van der Waals surface area (Å²) in [5.41, 5.74) is 0.599. The lowest BCUT2D eigenvalue weighted by atomic mass is 10.00. The summed E-state index contributed by atoms with van der Waals surface area (Å²) in [6.07, 6.45) is 0.739. The Labute approximate surface area is 167 Å². The van der Waals surface area contributed by atoms with Gasteiger partial charge in [-0.1, -0.05) is 17.7 Å². The lowest BCUT2D eigenvalue weighted by molar-refractivity contribution is -0.139. The Hall–Kier alpha value is -2.15. The van der Waals surface area contributed by atoms with Crippen molar-refractivity contribution in [1.82, 2.24) is 9.80 Å². The molecule has 7 heteroatoms. The van der Waals surface area contributed by atoms with Crippen molar-refractivity contribution >= 4 is 40.4 Å². The highest BCUT2D eigenvalue weighted by molar-refractivity contribution is 7.10. The minimum absolute atomic E-state index is 0.134. The van der Waals surface area contributed by atoms with Gasteiger partial charge in [0.15, 0.2) is 0 Å². The molecule has 0 bridgehead atoms. The molecule has 1 saturated heterocycles. The first-order valence-corrected chi connectivity index (χ1v) is 9.88. The second-order valence-corrected chi connectivity index (χ2v) is 8.09. The van der Waals surface area contributed by atoms with E-state index in [1.165, 1.54) is 11.3 Å². The predicted molar refractivity (Wildman–Crippen MR) is 108 cm³/mol. The lowest BCUT2D eigenvalue weighted by Gasteiger charge is -2.24. The molecule has 1 fully saturated rings. The normalized spacial score (nSPS) is 19.3. The average molecular weight is 405 g/mol. The molecule has 2 aromatic rings. The summed E-state index contributed by atoms with van der Waals surface area (Å²) in [6, 6.07) is 9.76. The quantitative estimate of drug-likeness (QED) is 0.452. The van der Waals surface area contributed by atoms with Crippen molar-refractivity contribution in [2.45, 2.75) is 12.5 Å². The van der Waals surface area contributed by atoms with Crippen molar-refractivity contribution in [3.05, 3.63) is 62.8 Å². The van der Waals surface area contributed by atoms with E-state index in [1.54, 1.807) is 29.2 Å². The molecule has 1 N–H and O–H groups in total. The Morgan fingerprint density at radius 3 is 2.52 bits per heavy atom. The summed E-state index contributed by atoms with van der Waals surface area (Å²) in [4.78, 5) is 29.9. The Morgan fingerprint density at radius 1 is 1.22 bits per heavy atom. The van der Waals surface area contributed by atoms with Crippen LogP contribution in [0.25, 0.3) is 5.76 Å². The number of hydrogen-bond acceptors (Lipinski definition) is 5. The van der Waals surface area contributed by atoms with Crippen LogP contribution in [0.5, 0.6) is 0 Å². The third-order valence-corrected chi connectivity index (χ3v) is 5.65. The summed E-state index contributed by atoms with van der Waals surface area (Å²) in [5, 5.41) is 13.3. The van der Waals surface area contributed by atoms with Crippen LogP contribution in [-0.4, -0.2) is 53.8 Å². The fourth-order valence-corrected chi connectivity index (χ4v) is 4.15. The number of benzene rings is 1. The molecule has 0 unspecified atom stereocenters. The van der Waals surface area contributed by atoms with Crippen LogP contribution < -0.4 is 0 Å². The molecule has 1 aromatic carbocycles. The summed E-state index contributed by atoms with van der Waals surface area (Å²) in [5.74, 6) is -1.38. The predicted octanol–water partition coefficient (Wildman–Crippen LogP) is 3.77. The van der Waals surface area contributed by atoms with E-state index < -0.39 is 17.7 Å². The largest absolute Gasteiger partial charge is 0.507 e. The molecule has 142 valence electrons. The number of Topliss-reactive ketones (excluding diaryl/α,β-unsaturated/α-hetero) is 1. The van der Waals surface area contributed by atoms with Crippen molar-refractivity contribution in [2.75, 3.05) is 27.2 Å². The van der Waals surface area contributed by atoms with Crippen molar-refractivity contribution < 1.29 is 14.7 Å². The fourth-order valence-electron chi connectivity index (χ4n) is 3.17. The fraction of sp³-hybridized carbons (Fsp3) is 0.300. The number of halogens is 1. The van der Waals surface area contributed by atoms with E-state index in [2.05, 4.69) is 0 Å². The van der Waals surface area contributed by atoms with E-state index in [-0.39, 0.29) is 11.3 Å². The third kappa shape index (κ3) is 4.08. The van der Waals surface area contributed by atoms with Gasteiger partial charge in [-0.3, -0.25) is 9.59 Å². The molecule has 2 heterocycles. The van der Waals surface area contributed by atoms with Crippen LogP contribution in [0.15, 0.2) is 47.4 Å². The van der Waals surface area contributed by atoms with Gasteiger partial charge in [0.25, 0.3) is 11.7 Å². The molecule has 5 nitrogen and oxygen atoms in total. The van der Waals surface area contributed by atoms with Crippen LogP contribution in [0.4, 0.5) is 0 Å². The monoisotopic (exact) mass is 404 g/mol.